The van der Waals surface area contributed by atoms with Crippen LogP contribution in [0.3, 0.4) is 0 Å². The van der Waals surface area contributed by atoms with E-state index < -0.39 is 6.61 Å². The minimum Gasteiger partial charge on any atom is -0.493 e. The van der Waals surface area contributed by atoms with Crippen molar-refractivity contribution in [2.75, 3.05) is 7.11 Å². The predicted molar refractivity (Wildman–Crippen MR) is 100 cm³/mol. The lowest BCUT2D eigenvalue weighted by Crippen LogP contribution is -2.26. The van der Waals surface area contributed by atoms with Crippen molar-refractivity contribution in [2.45, 2.75) is 33.0 Å². The molecule has 27 heavy (non-hydrogen) atoms. The zero-order valence-electron chi connectivity index (χ0n) is 15.5. The number of halogens is 2. The third-order valence-corrected chi connectivity index (χ3v) is 4.34. The van der Waals surface area contributed by atoms with Gasteiger partial charge in [-0.3, -0.25) is 0 Å². The van der Waals surface area contributed by atoms with Gasteiger partial charge < -0.3 is 19.8 Å². The molecule has 0 amide bonds. The van der Waals surface area contributed by atoms with Gasteiger partial charge in [-0.25, -0.2) is 4.98 Å². The van der Waals surface area contributed by atoms with Crippen LogP contribution < -0.4 is 14.8 Å². The van der Waals surface area contributed by atoms with Gasteiger partial charge in [-0.05, 0) is 35.7 Å². The second-order valence-corrected chi connectivity index (χ2v) is 6.61. The predicted octanol–water partition coefficient (Wildman–Crippen LogP) is 4.66. The first-order chi connectivity index (χ1) is 13.0. The summed E-state index contributed by atoms with van der Waals surface area (Å²) in [5, 5.41) is 3.45. The standard InChI is InChI=1S/C20H23F2N3O2/c1-12(2)18(19-24-14-6-4-5-7-15(14)25-19)23-11-13-8-9-16(26-3)17(10-13)27-20(21)22/h4-10,12,18,20,23H,11H2,1-3H3,(H,24,25). The van der Waals surface area contributed by atoms with Crippen molar-refractivity contribution in [2.24, 2.45) is 5.92 Å². The Morgan fingerprint density at radius 2 is 1.89 bits per heavy atom. The van der Waals surface area contributed by atoms with E-state index in [4.69, 9.17) is 4.74 Å². The largest absolute Gasteiger partial charge is 0.493 e. The minimum atomic E-state index is -2.90. The molecule has 1 unspecified atom stereocenters. The topological polar surface area (TPSA) is 59.2 Å². The van der Waals surface area contributed by atoms with Crippen LogP contribution in [-0.2, 0) is 6.54 Å². The number of hydrogen-bond donors (Lipinski definition) is 2. The Bertz CT molecular complexity index is 863. The summed E-state index contributed by atoms with van der Waals surface area (Å²) < 4.78 is 34.8. The van der Waals surface area contributed by atoms with Crippen LogP contribution >= 0.6 is 0 Å². The van der Waals surface area contributed by atoms with Crippen LogP contribution in [0.1, 0.15) is 31.3 Å². The Labute approximate surface area is 156 Å². The van der Waals surface area contributed by atoms with Gasteiger partial charge in [-0.1, -0.05) is 32.0 Å². The number of benzene rings is 2. The number of para-hydroxylation sites is 2. The summed E-state index contributed by atoms with van der Waals surface area (Å²) in [6.45, 7) is 1.78. The summed E-state index contributed by atoms with van der Waals surface area (Å²) in [6.07, 6.45) is 0. The van der Waals surface area contributed by atoms with E-state index in [1.165, 1.54) is 7.11 Å². The second kappa shape index (κ2) is 8.35. The highest BCUT2D eigenvalue weighted by Crippen LogP contribution is 2.30. The van der Waals surface area contributed by atoms with E-state index in [0.29, 0.717) is 6.54 Å². The SMILES string of the molecule is COc1ccc(CNC(c2nc3ccccc3[nH]2)C(C)C)cc1OC(F)F. The molecule has 5 nitrogen and oxygen atoms in total. The monoisotopic (exact) mass is 375 g/mol. The number of nitrogens with one attached hydrogen (secondary N) is 2. The molecule has 0 spiro atoms. The number of hydrogen-bond acceptors (Lipinski definition) is 4. The normalized spacial score (nSPS) is 12.7. The van der Waals surface area contributed by atoms with Crippen LogP contribution in [0.4, 0.5) is 8.78 Å². The number of aromatic amines is 1. The van der Waals surface area contributed by atoms with Crippen molar-refractivity contribution < 1.29 is 18.3 Å². The van der Waals surface area contributed by atoms with Crippen molar-refractivity contribution in [1.82, 2.24) is 15.3 Å². The van der Waals surface area contributed by atoms with E-state index in [1.807, 2.05) is 30.3 Å². The number of fused-ring (bicyclic) bond motifs is 1. The van der Waals surface area contributed by atoms with Gasteiger partial charge in [0.05, 0.1) is 24.2 Å². The first-order valence-electron chi connectivity index (χ1n) is 8.77. The van der Waals surface area contributed by atoms with Crippen molar-refractivity contribution >= 4 is 11.0 Å². The van der Waals surface area contributed by atoms with Gasteiger partial charge >= 0.3 is 6.61 Å². The number of imidazole rings is 1. The lowest BCUT2D eigenvalue weighted by molar-refractivity contribution is -0.0512. The summed E-state index contributed by atoms with van der Waals surface area (Å²) >= 11 is 0. The maximum Gasteiger partial charge on any atom is 0.387 e. The molecule has 1 atom stereocenters. The van der Waals surface area contributed by atoms with Crippen LogP contribution in [0.2, 0.25) is 0 Å². The average Bonchev–Trinajstić information content (AvgIpc) is 3.05. The van der Waals surface area contributed by atoms with E-state index >= 15 is 0 Å². The quantitative estimate of drug-likeness (QED) is 0.601. The first kappa shape index (κ1) is 19.1. The van der Waals surface area contributed by atoms with Gasteiger partial charge in [-0.15, -0.1) is 0 Å². The van der Waals surface area contributed by atoms with Gasteiger partial charge in [-0.2, -0.15) is 8.78 Å². The highest BCUT2D eigenvalue weighted by molar-refractivity contribution is 5.74. The number of H-pyrrole nitrogens is 1. The fourth-order valence-electron chi connectivity index (χ4n) is 3.01. The zero-order chi connectivity index (χ0) is 19.4. The van der Waals surface area contributed by atoms with Gasteiger partial charge in [0.1, 0.15) is 5.82 Å². The summed E-state index contributed by atoms with van der Waals surface area (Å²) in [5.41, 5.74) is 2.71. The number of aromatic nitrogens is 2. The zero-order valence-corrected chi connectivity index (χ0v) is 15.5. The molecule has 0 fully saturated rings. The highest BCUT2D eigenvalue weighted by atomic mass is 19.3. The van der Waals surface area contributed by atoms with E-state index in [0.717, 1.165) is 22.4 Å². The number of methoxy groups -OCH3 is 1. The molecule has 3 rings (SSSR count). The second-order valence-electron chi connectivity index (χ2n) is 6.61. The summed E-state index contributed by atoms with van der Waals surface area (Å²) in [5.74, 6) is 1.43. The Kier molecular flexibility index (Phi) is 5.91. The third-order valence-electron chi connectivity index (χ3n) is 4.34. The van der Waals surface area contributed by atoms with E-state index in [1.54, 1.807) is 12.1 Å². The van der Waals surface area contributed by atoms with Crippen LogP contribution in [0.25, 0.3) is 11.0 Å². The fraction of sp³-hybridized carbons (Fsp3) is 0.350. The Hall–Kier alpha value is -2.67. The van der Waals surface area contributed by atoms with Crippen LogP contribution in [0.5, 0.6) is 11.5 Å². The van der Waals surface area contributed by atoms with E-state index in [9.17, 15) is 8.78 Å². The lowest BCUT2D eigenvalue weighted by Gasteiger charge is -2.21. The average molecular weight is 375 g/mol. The fourth-order valence-corrected chi connectivity index (χ4v) is 3.01. The first-order valence-corrected chi connectivity index (χ1v) is 8.77. The molecule has 144 valence electrons. The molecule has 2 N–H and O–H groups in total. The molecular weight excluding hydrogens is 352 g/mol. The van der Waals surface area contributed by atoms with Crippen LogP contribution in [0.15, 0.2) is 42.5 Å². The summed E-state index contributed by atoms with van der Waals surface area (Å²) in [4.78, 5) is 8.02. The number of rotatable bonds is 8. The van der Waals surface area contributed by atoms with Crippen molar-refractivity contribution in [1.29, 1.82) is 0 Å². The van der Waals surface area contributed by atoms with Crippen LogP contribution in [0, 0.1) is 5.92 Å². The number of nitrogens with zero attached hydrogens (tertiary/aromatic N) is 1. The lowest BCUT2D eigenvalue weighted by atomic mass is 10.0. The molecule has 3 aromatic rings. The van der Waals surface area contributed by atoms with Gasteiger partial charge in [0, 0.05) is 6.54 Å². The smallest absolute Gasteiger partial charge is 0.387 e. The Morgan fingerprint density at radius 1 is 1.11 bits per heavy atom. The summed E-state index contributed by atoms with van der Waals surface area (Å²) in [7, 11) is 1.42. The molecule has 0 aliphatic heterocycles. The highest BCUT2D eigenvalue weighted by Gasteiger charge is 2.19. The molecule has 0 aliphatic rings. The molecule has 1 heterocycles. The Balaban J connectivity index is 1.78. The van der Waals surface area contributed by atoms with Gasteiger partial charge in [0.2, 0.25) is 0 Å². The molecule has 0 aliphatic carbocycles. The molecule has 0 bridgehead atoms. The summed E-state index contributed by atoms with van der Waals surface area (Å²) in [6, 6.07) is 12.9. The number of alkyl halides is 2. The molecular formula is C20H23F2N3O2. The van der Waals surface area contributed by atoms with Gasteiger partial charge in [0.25, 0.3) is 0 Å². The molecule has 7 heteroatoms. The molecule has 1 aromatic heterocycles. The third kappa shape index (κ3) is 4.54. The van der Waals surface area contributed by atoms with Crippen molar-refractivity contribution in [3.05, 3.63) is 53.9 Å². The van der Waals surface area contributed by atoms with E-state index in [-0.39, 0.29) is 23.5 Å². The molecule has 0 saturated carbocycles. The maximum atomic E-state index is 12.6. The van der Waals surface area contributed by atoms with Crippen molar-refractivity contribution in [3.8, 4) is 11.5 Å². The van der Waals surface area contributed by atoms with Gasteiger partial charge in [0.15, 0.2) is 11.5 Å². The molecule has 0 saturated heterocycles. The van der Waals surface area contributed by atoms with E-state index in [2.05, 4.69) is 33.9 Å². The number of ether oxygens (including phenoxy) is 2. The van der Waals surface area contributed by atoms with Crippen LogP contribution in [-0.4, -0.2) is 23.7 Å². The molecule has 0 radical (unpaired) electrons. The maximum absolute atomic E-state index is 12.6. The van der Waals surface area contributed by atoms with Crippen molar-refractivity contribution in [3.63, 3.8) is 0 Å². The Morgan fingerprint density at radius 3 is 2.56 bits per heavy atom. The minimum absolute atomic E-state index is 0.0148. The molecule has 2 aromatic carbocycles.